The average molecular weight is 455 g/mol. The minimum atomic E-state index is -0.257. The van der Waals surface area contributed by atoms with Crippen LogP contribution in [0, 0.1) is 0 Å². The number of hydrazone groups is 1. The first-order chi connectivity index (χ1) is 13.6. The largest absolute Gasteiger partial charge is 0.342 e. The van der Waals surface area contributed by atoms with E-state index in [0.29, 0.717) is 11.6 Å². The number of carbonyl (C=O) groups is 1. The first kappa shape index (κ1) is 18.7. The predicted molar refractivity (Wildman–Crippen MR) is 117 cm³/mol. The second kappa shape index (κ2) is 8.17. The third-order valence-electron chi connectivity index (χ3n) is 4.59. The van der Waals surface area contributed by atoms with Crippen molar-refractivity contribution in [3.05, 3.63) is 99.5 Å². The van der Waals surface area contributed by atoms with Crippen molar-refractivity contribution < 1.29 is 4.79 Å². The molecule has 1 N–H and O–H groups in total. The second-order valence-corrected chi connectivity index (χ2v) is 7.83. The standard InChI is InChI=1S/C22H17BrClN3O/c23-17-8-12-19(13-9-17)25-22(28)27-14-20(15-4-2-1-3-5-15)21(26-27)16-6-10-18(24)11-7-16/h1-13,20H,14H2,(H,25,28). The van der Waals surface area contributed by atoms with Crippen LogP contribution in [-0.2, 0) is 0 Å². The molecule has 3 aromatic rings. The third-order valence-corrected chi connectivity index (χ3v) is 5.37. The van der Waals surface area contributed by atoms with Crippen LogP contribution in [0.4, 0.5) is 10.5 Å². The van der Waals surface area contributed by atoms with Gasteiger partial charge in [-0.15, -0.1) is 0 Å². The summed E-state index contributed by atoms with van der Waals surface area (Å²) in [6, 6.07) is 24.9. The number of halogens is 2. The molecule has 0 aliphatic carbocycles. The Bertz CT molecular complexity index is 1000. The zero-order chi connectivity index (χ0) is 19.5. The molecule has 28 heavy (non-hydrogen) atoms. The van der Waals surface area contributed by atoms with Crippen molar-refractivity contribution in [1.29, 1.82) is 0 Å². The Kier molecular flexibility index (Phi) is 5.46. The number of amides is 2. The zero-order valence-electron chi connectivity index (χ0n) is 14.8. The monoisotopic (exact) mass is 453 g/mol. The average Bonchev–Trinajstić information content (AvgIpc) is 3.16. The Labute approximate surface area is 177 Å². The fraction of sp³-hybridized carbons (Fsp3) is 0.0909. The molecule has 1 atom stereocenters. The molecule has 0 saturated carbocycles. The molecule has 2 amide bonds. The molecule has 0 saturated heterocycles. The summed E-state index contributed by atoms with van der Waals surface area (Å²) in [4.78, 5) is 12.8. The predicted octanol–water partition coefficient (Wildman–Crippen LogP) is 6.14. The maximum atomic E-state index is 12.8. The van der Waals surface area contributed by atoms with Crippen molar-refractivity contribution in [2.24, 2.45) is 5.10 Å². The van der Waals surface area contributed by atoms with E-state index in [-0.39, 0.29) is 11.9 Å². The van der Waals surface area contributed by atoms with Crippen LogP contribution in [0.1, 0.15) is 17.0 Å². The molecule has 6 heteroatoms. The summed E-state index contributed by atoms with van der Waals surface area (Å²) in [5, 5.41) is 9.71. The summed E-state index contributed by atoms with van der Waals surface area (Å²) >= 11 is 9.43. The van der Waals surface area contributed by atoms with E-state index >= 15 is 0 Å². The van der Waals surface area contributed by atoms with Crippen LogP contribution in [0.15, 0.2) is 88.4 Å². The molecule has 0 radical (unpaired) electrons. The molecule has 1 heterocycles. The number of rotatable bonds is 3. The number of nitrogens with zero attached hydrogens (tertiary/aromatic N) is 2. The Hall–Kier alpha value is -2.63. The van der Waals surface area contributed by atoms with Crippen LogP contribution in [0.5, 0.6) is 0 Å². The number of anilines is 1. The van der Waals surface area contributed by atoms with Crippen molar-refractivity contribution in [1.82, 2.24) is 5.01 Å². The number of carbonyl (C=O) groups excluding carboxylic acids is 1. The van der Waals surface area contributed by atoms with Crippen LogP contribution in [0.25, 0.3) is 0 Å². The molecule has 4 nitrogen and oxygen atoms in total. The molecule has 0 aromatic heterocycles. The summed E-state index contributed by atoms with van der Waals surface area (Å²) in [6.45, 7) is 0.477. The van der Waals surface area contributed by atoms with E-state index in [2.05, 4.69) is 38.5 Å². The Balaban J connectivity index is 1.62. The van der Waals surface area contributed by atoms with E-state index in [1.807, 2.05) is 66.7 Å². The van der Waals surface area contributed by atoms with Gasteiger partial charge in [-0.2, -0.15) is 5.10 Å². The molecule has 140 valence electrons. The molecule has 3 aromatic carbocycles. The Morgan fingerprint density at radius 3 is 2.36 bits per heavy atom. The van der Waals surface area contributed by atoms with E-state index in [1.54, 1.807) is 0 Å². The minimum absolute atomic E-state index is 0.00181. The number of benzene rings is 3. The lowest BCUT2D eigenvalue weighted by atomic mass is 9.91. The molecule has 1 aliphatic heterocycles. The molecule has 4 rings (SSSR count). The number of nitrogens with one attached hydrogen (secondary N) is 1. The van der Waals surface area contributed by atoms with Gasteiger partial charge in [-0.3, -0.25) is 0 Å². The summed E-state index contributed by atoms with van der Waals surface area (Å²) in [7, 11) is 0. The first-order valence-corrected chi connectivity index (χ1v) is 10.0. The Morgan fingerprint density at radius 1 is 1.00 bits per heavy atom. The quantitative estimate of drug-likeness (QED) is 0.508. The summed E-state index contributed by atoms with van der Waals surface area (Å²) < 4.78 is 0.957. The highest BCUT2D eigenvalue weighted by Crippen LogP contribution is 2.29. The highest BCUT2D eigenvalue weighted by Gasteiger charge is 2.32. The highest BCUT2D eigenvalue weighted by molar-refractivity contribution is 9.10. The van der Waals surface area contributed by atoms with E-state index in [0.717, 1.165) is 27.0 Å². The first-order valence-electron chi connectivity index (χ1n) is 8.83. The smallest absolute Gasteiger partial charge is 0.306 e. The van der Waals surface area contributed by atoms with E-state index in [4.69, 9.17) is 11.6 Å². The number of urea groups is 1. The molecule has 0 bridgehead atoms. The normalized spacial score (nSPS) is 16.0. The highest BCUT2D eigenvalue weighted by atomic mass is 79.9. The summed E-state index contributed by atoms with van der Waals surface area (Å²) in [5.74, 6) is -0.00181. The van der Waals surface area contributed by atoms with Gasteiger partial charge in [-0.1, -0.05) is 70.0 Å². The fourth-order valence-corrected chi connectivity index (χ4v) is 3.57. The van der Waals surface area contributed by atoms with Gasteiger partial charge < -0.3 is 5.32 Å². The van der Waals surface area contributed by atoms with Crippen molar-refractivity contribution in [2.45, 2.75) is 5.92 Å². The Morgan fingerprint density at radius 2 is 1.68 bits per heavy atom. The van der Waals surface area contributed by atoms with Crippen LogP contribution in [-0.4, -0.2) is 23.3 Å². The molecule has 1 aliphatic rings. The van der Waals surface area contributed by atoms with Crippen LogP contribution < -0.4 is 5.32 Å². The second-order valence-electron chi connectivity index (χ2n) is 6.47. The van der Waals surface area contributed by atoms with Gasteiger partial charge in [-0.05, 0) is 47.5 Å². The lowest BCUT2D eigenvalue weighted by molar-refractivity contribution is 0.218. The molecule has 0 spiro atoms. The van der Waals surface area contributed by atoms with E-state index in [1.165, 1.54) is 5.01 Å². The van der Waals surface area contributed by atoms with Gasteiger partial charge in [0.15, 0.2) is 0 Å². The molecule has 1 unspecified atom stereocenters. The van der Waals surface area contributed by atoms with Crippen molar-refractivity contribution in [3.63, 3.8) is 0 Å². The number of hydrogen-bond donors (Lipinski definition) is 1. The SMILES string of the molecule is O=C(Nc1ccc(Br)cc1)N1CC(c2ccccc2)C(c2ccc(Cl)cc2)=N1. The summed E-state index contributed by atoms with van der Waals surface area (Å²) in [6.07, 6.45) is 0. The maximum absolute atomic E-state index is 12.8. The molecular formula is C22H17BrClN3O. The van der Waals surface area contributed by atoms with Crippen molar-refractivity contribution in [2.75, 3.05) is 11.9 Å². The summed E-state index contributed by atoms with van der Waals surface area (Å²) in [5.41, 5.74) is 3.65. The van der Waals surface area contributed by atoms with Gasteiger partial charge in [0.2, 0.25) is 0 Å². The van der Waals surface area contributed by atoms with Gasteiger partial charge in [0.25, 0.3) is 0 Å². The fourth-order valence-electron chi connectivity index (χ4n) is 3.18. The van der Waals surface area contributed by atoms with Crippen LogP contribution >= 0.6 is 27.5 Å². The lowest BCUT2D eigenvalue weighted by Crippen LogP contribution is -2.30. The van der Waals surface area contributed by atoms with E-state index in [9.17, 15) is 4.79 Å². The van der Waals surface area contributed by atoms with E-state index < -0.39 is 0 Å². The third kappa shape index (κ3) is 4.11. The van der Waals surface area contributed by atoms with Gasteiger partial charge in [0.05, 0.1) is 12.3 Å². The van der Waals surface area contributed by atoms with Crippen LogP contribution in [0.2, 0.25) is 5.02 Å². The zero-order valence-corrected chi connectivity index (χ0v) is 17.2. The van der Waals surface area contributed by atoms with Crippen molar-refractivity contribution >= 4 is 45.0 Å². The van der Waals surface area contributed by atoms with Gasteiger partial charge >= 0.3 is 6.03 Å². The molecular weight excluding hydrogens is 438 g/mol. The van der Waals surface area contributed by atoms with Crippen LogP contribution in [0.3, 0.4) is 0 Å². The lowest BCUT2D eigenvalue weighted by Gasteiger charge is -2.16. The van der Waals surface area contributed by atoms with Crippen molar-refractivity contribution in [3.8, 4) is 0 Å². The molecule has 0 fully saturated rings. The minimum Gasteiger partial charge on any atom is -0.306 e. The topological polar surface area (TPSA) is 44.7 Å². The van der Waals surface area contributed by atoms with Gasteiger partial charge in [-0.25, -0.2) is 9.80 Å². The maximum Gasteiger partial charge on any atom is 0.342 e. The van der Waals surface area contributed by atoms with Gasteiger partial charge in [0, 0.05) is 21.1 Å². The van der Waals surface area contributed by atoms with Gasteiger partial charge in [0.1, 0.15) is 0 Å². The number of hydrogen-bond acceptors (Lipinski definition) is 2.